The molecule has 1 fully saturated rings. The van der Waals surface area contributed by atoms with Gasteiger partial charge in [0.2, 0.25) is 0 Å². The highest BCUT2D eigenvalue weighted by molar-refractivity contribution is 6.30. The van der Waals surface area contributed by atoms with E-state index in [2.05, 4.69) is 0 Å². The number of ether oxygens (including phenoxy) is 1. The molecule has 4 heteroatoms. The molecule has 0 heterocycles. The second-order valence-corrected chi connectivity index (χ2v) is 6.18. The summed E-state index contributed by atoms with van der Waals surface area (Å²) in [6, 6.07) is 7.62. The van der Waals surface area contributed by atoms with Crippen molar-refractivity contribution in [2.75, 3.05) is 6.61 Å². The van der Waals surface area contributed by atoms with E-state index < -0.39 is 5.97 Å². The molecule has 0 bridgehead atoms. The maximum absolute atomic E-state index is 11.2. The third kappa shape index (κ3) is 4.72. The number of hydrogen-bond acceptors (Lipinski definition) is 2. The summed E-state index contributed by atoms with van der Waals surface area (Å²) >= 11 is 5.93. The molecular formula is C17H23ClO3. The molecule has 0 amide bonds. The summed E-state index contributed by atoms with van der Waals surface area (Å²) in [5.74, 6) is -0.247. The maximum Gasteiger partial charge on any atom is 0.303 e. The molecule has 0 aliphatic heterocycles. The number of carbonyl (C=O) groups is 1. The lowest BCUT2D eigenvalue weighted by atomic mass is 9.74. The maximum atomic E-state index is 11.2. The monoisotopic (exact) mass is 310 g/mol. The molecule has 0 aromatic heterocycles. The smallest absolute Gasteiger partial charge is 0.303 e. The van der Waals surface area contributed by atoms with E-state index in [1.165, 1.54) is 0 Å². The van der Waals surface area contributed by atoms with Gasteiger partial charge in [0.25, 0.3) is 0 Å². The van der Waals surface area contributed by atoms with Crippen LogP contribution in [0.15, 0.2) is 24.3 Å². The first-order valence-corrected chi connectivity index (χ1v) is 8.06. The molecule has 2 rings (SSSR count). The fraction of sp³-hybridized carbons (Fsp3) is 0.588. The number of halogens is 1. The van der Waals surface area contributed by atoms with Crippen LogP contribution in [0.1, 0.15) is 50.5 Å². The first kappa shape index (κ1) is 16.3. The van der Waals surface area contributed by atoms with Gasteiger partial charge in [0.05, 0.1) is 12.5 Å². The van der Waals surface area contributed by atoms with Crippen LogP contribution in [0, 0.1) is 5.92 Å². The summed E-state index contributed by atoms with van der Waals surface area (Å²) in [7, 11) is 0. The Morgan fingerprint density at radius 2 is 1.90 bits per heavy atom. The van der Waals surface area contributed by atoms with Gasteiger partial charge < -0.3 is 9.84 Å². The minimum Gasteiger partial charge on any atom is -0.481 e. The molecule has 0 saturated heterocycles. The van der Waals surface area contributed by atoms with Crippen LogP contribution in [-0.4, -0.2) is 23.8 Å². The summed E-state index contributed by atoms with van der Waals surface area (Å²) < 4.78 is 5.68. The van der Waals surface area contributed by atoms with E-state index in [1.807, 2.05) is 31.2 Å². The molecule has 1 N–H and O–H groups in total. The molecule has 1 aliphatic carbocycles. The SMILES string of the molecule is CCOC1CCC([C@@H](CC(=O)O)c2ccc(Cl)cc2)CC1. The van der Waals surface area contributed by atoms with E-state index in [-0.39, 0.29) is 12.3 Å². The van der Waals surface area contributed by atoms with Crippen LogP contribution in [-0.2, 0) is 9.53 Å². The molecule has 0 unspecified atom stereocenters. The third-order valence-electron chi connectivity index (χ3n) is 4.38. The predicted molar refractivity (Wildman–Crippen MR) is 83.8 cm³/mol. The highest BCUT2D eigenvalue weighted by atomic mass is 35.5. The van der Waals surface area contributed by atoms with Gasteiger partial charge in [-0.1, -0.05) is 23.7 Å². The van der Waals surface area contributed by atoms with Gasteiger partial charge >= 0.3 is 5.97 Å². The largest absolute Gasteiger partial charge is 0.481 e. The Kier molecular flexibility index (Phi) is 6.07. The van der Waals surface area contributed by atoms with E-state index in [0.717, 1.165) is 37.9 Å². The van der Waals surface area contributed by atoms with Gasteiger partial charge in [-0.15, -0.1) is 0 Å². The van der Waals surface area contributed by atoms with Crippen LogP contribution in [0.5, 0.6) is 0 Å². The highest BCUT2D eigenvalue weighted by Gasteiger charge is 2.30. The molecule has 0 spiro atoms. The topological polar surface area (TPSA) is 46.5 Å². The van der Waals surface area contributed by atoms with E-state index >= 15 is 0 Å². The fourth-order valence-corrected chi connectivity index (χ4v) is 3.47. The zero-order valence-corrected chi connectivity index (χ0v) is 13.2. The van der Waals surface area contributed by atoms with Crippen molar-refractivity contribution in [1.29, 1.82) is 0 Å². The van der Waals surface area contributed by atoms with Gasteiger partial charge in [-0.05, 0) is 62.1 Å². The molecule has 1 aliphatic rings. The number of carboxylic acid groups (broad SMARTS) is 1. The first-order valence-electron chi connectivity index (χ1n) is 7.69. The van der Waals surface area contributed by atoms with Gasteiger partial charge in [-0.25, -0.2) is 0 Å². The number of aliphatic carboxylic acids is 1. The molecule has 1 atom stereocenters. The lowest BCUT2D eigenvalue weighted by Gasteiger charge is -2.33. The van der Waals surface area contributed by atoms with Crippen LogP contribution >= 0.6 is 11.6 Å². The van der Waals surface area contributed by atoms with Crippen molar-refractivity contribution in [2.24, 2.45) is 5.92 Å². The summed E-state index contributed by atoms with van der Waals surface area (Å²) in [6.07, 6.45) is 4.66. The molecule has 0 radical (unpaired) electrons. The zero-order valence-electron chi connectivity index (χ0n) is 12.4. The molecule has 1 aromatic rings. The number of carboxylic acids is 1. The van der Waals surface area contributed by atoms with Crippen molar-refractivity contribution >= 4 is 17.6 Å². The number of hydrogen-bond donors (Lipinski definition) is 1. The Morgan fingerprint density at radius 3 is 2.43 bits per heavy atom. The molecule has 3 nitrogen and oxygen atoms in total. The third-order valence-corrected chi connectivity index (χ3v) is 4.63. The lowest BCUT2D eigenvalue weighted by Crippen LogP contribution is -2.26. The summed E-state index contributed by atoms with van der Waals surface area (Å²) in [6.45, 7) is 2.78. The molecule has 1 saturated carbocycles. The molecule has 1 aromatic carbocycles. The summed E-state index contributed by atoms with van der Waals surface area (Å²) in [5.41, 5.74) is 1.08. The zero-order chi connectivity index (χ0) is 15.2. The van der Waals surface area contributed by atoms with Crippen LogP contribution in [0.3, 0.4) is 0 Å². The van der Waals surface area contributed by atoms with Crippen molar-refractivity contribution < 1.29 is 14.6 Å². The second-order valence-electron chi connectivity index (χ2n) is 5.75. The average Bonchev–Trinajstić information content (AvgIpc) is 2.47. The van der Waals surface area contributed by atoms with E-state index in [1.54, 1.807) is 0 Å². The quantitative estimate of drug-likeness (QED) is 0.842. The Morgan fingerprint density at radius 1 is 1.29 bits per heavy atom. The molecule has 116 valence electrons. The Labute approximate surface area is 131 Å². The van der Waals surface area contributed by atoms with E-state index in [4.69, 9.17) is 16.3 Å². The highest BCUT2D eigenvalue weighted by Crippen LogP contribution is 2.39. The minimum absolute atomic E-state index is 0.0716. The Hall–Kier alpha value is -1.06. The standard InChI is InChI=1S/C17H23ClO3/c1-2-21-15-9-5-13(6-10-15)16(11-17(19)20)12-3-7-14(18)8-4-12/h3-4,7-8,13,15-16H,2,5-6,9-11H2,1H3,(H,19,20)/t13?,15?,16-/m0/s1. The first-order chi connectivity index (χ1) is 10.1. The average molecular weight is 311 g/mol. The fourth-order valence-electron chi connectivity index (χ4n) is 3.35. The van der Waals surface area contributed by atoms with Gasteiger partial charge in [0.1, 0.15) is 0 Å². The van der Waals surface area contributed by atoms with Gasteiger partial charge in [-0.3, -0.25) is 4.79 Å². The van der Waals surface area contributed by atoms with Gasteiger partial charge in [0.15, 0.2) is 0 Å². The van der Waals surface area contributed by atoms with Gasteiger partial charge in [-0.2, -0.15) is 0 Å². The summed E-state index contributed by atoms with van der Waals surface area (Å²) in [5, 5.41) is 9.90. The van der Waals surface area contributed by atoms with E-state index in [0.29, 0.717) is 17.0 Å². The van der Waals surface area contributed by atoms with Crippen LogP contribution in [0.4, 0.5) is 0 Å². The van der Waals surface area contributed by atoms with Crippen LogP contribution < -0.4 is 0 Å². The predicted octanol–water partition coefficient (Wildman–Crippen LogP) is 4.49. The van der Waals surface area contributed by atoms with Crippen LogP contribution in [0.25, 0.3) is 0 Å². The van der Waals surface area contributed by atoms with Crippen molar-refractivity contribution in [3.8, 4) is 0 Å². The summed E-state index contributed by atoms with van der Waals surface area (Å²) in [4.78, 5) is 11.2. The Bertz CT molecular complexity index is 450. The van der Waals surface area contributed by atoms with Crippen molar-refractivity contribution in [3.63, 3.8) is 0 Å². The van der Waals surface area contributed by atoms with Crippen molar-refractivity contribution in [3.05, 3.63) is 34.9 Å². The lowest BCUT2D eigenvalue weighted by molar-refractivity contribution is -0.137. The van der Waals surface area contributed by atoms with Crippen molar-refractivity contribution in [1.82, 2.24) is 0 Å². The number of benzene rings is 1. The molecular weight excluding hydrogens is 288 g/mol. The van der Waals surface area contributed by atoms with Gasteiger partial charge in [0, 0.05) is 11.6 Å². The number of rotatable bonds is 6. The van der Waals surface area contributed by atoms with E-state index in [9.17, 15) is 9.90 Å². The Balaban J connectivity index is 2.06. The molecule has 21 heavy (non-hydrogen) atoms. The van der Waals surface area contributed by atoms with Crippen LogP contribution in [0.2, 0.25) is 5.02 Å². The van der Waals surface area contributed by atoms with Crippen molar-refractivity contribution in [2.45, 2.75) is 51.0 Å². The second kappa shape index (κ2) is 7.81. The normalized spacial score (nSPS) is 23.7. The minimum atomic E-state index is -0.734.